The van der Waals surface area contributed by atoms with E-state index in [0.717, 1.165) is 43.1 Å². The number of nitrogens with zero attached hydrogens (tertiary/aromatic N) is 2. The van der Waals surface area contributed by atoms with Gasteiger partial charge in [-0.1, -0.05) is 42.5 Å². The summed E-state index contributed by atoms with van der Waals surface area (Å²) in [6.45, 7) is 4.32. The highest BCUT2D eigenvalue weighted by molar-refractivity contribution is 5.79. The Morgan fingerprint density at radius 1 is 1.00 bits per heavy atom. The zero-order valence-corrected chi connectivity index (χ0v) is 15.5. The van der Waals surface area contributed by atoms with E-state index in [1.807, 2.05) is 54.6 Å². The zero-order chi connectivity index (χ0) is 18.4. The Kier molecular flexibility index (Phi) is 6.26. The molecular weight excluding hydrogens is 326 g/mol. The molecule has 1 N–H and O–H groups in total. The number of piperazine rings is 1. The normalized spacial score (nSPS) is 16.8. The summed E-state index contributed by atoms with van der Waals surface area (Å²) in [5, 5.41) is 3.21. The second kappa shape index (κ2) is 8.83. The lowest BCUT2D eigenvalue weighted by molar-refractivity contribution is -0.123. The number of carbonyl (C=O) groups is 1. The Balaban J connectivity index is 1.72. The molecule has 0 saturated carbocycles. The Hall–Kier alpha value is -2.37. The number of hydrogen-bond acceptors (Lipinski definition) is 4. The highest BCUT2D eigenvalue weighted by Crippen LogP contribution is 2.24. The van der Waals surface area contributed by atoms with E-state index in [4.69, 9.17) is 4.74 Å². The lowest BCUT2D eigenvalue weighted by Gasteiger charge is -2.32. The Labute approximate surface area is 155 Å². The maximum Gasteiger partial charge on any atom is 0.234 e. The second-order valence-corrected chi connectivity index (χ2v) is 6.76. The fourth-order valence-electron chi connectivity index (χ4n) is 3.22. The average Bonchev–Trinajstić information content (AvgIpc) is 2.69. The van der Waals surface area contributed by atoms with Gasteiger partial charge in [-0.25, -0.2) is 0 Å². The molecule has 3 rings (SSSR count). The highest BCUT2D eigenvalue weighted by atomic mass is 16.5. The van der Waals surface area contributed by atoms with Crippen molar-refractivity contribution in [3.05, 3.63) is 65.7 Å². The molecule has 1 aliphatic heterocycles. The molecule has 0 radical (unpaired) electrons. The van der Waals surface area contributed by atoms with Crippen LogP contribution in [0, 0.1) is 0 Å². The first-order valence-corrected chi connectivity index (χ1v) is 9.05. The van der Waals surface area contributed by atoms with Crippen molar-refractivity contribution in [2.75, 3.05) is 46.9 Å². The summed E-state index contributed by atoms with van der Waals surface area (Å²) in [7, 11) is 3.77. The first-order valence-electron chi connectivity index (χ1n) is 9.05. The number of rotatable bonds is 6. The van der Waals surface area contributed by atoms with Gasteiger partial charge in [0.05, 0.1) is 19.7 Å². The van der Waals surface area contributed by atoms with Gasteiger partial charge in [0.15, 0.2) is 0 Å². The van der Waals surface area contributed by atoms with Crippen LogP contribution in [0.25, 0.3) is 0 Å². The molecule has 2 aromatic rings. The largest absolute Gasteiger partial charge is 0.497 e. The average molecular weight is 353 g/mol. The van der Waals surface area contributed by atoms with E-state index >= 15 is 0 Å². The third kappa shape index (κ3) is 4.84. The molecule has 0 spiro atoms. The molecule has 2 aromatic carbocycles. The van der Waals surface area contributed by atoms with Gasteiger partial charge in [-0.2, -0.15) is 0 Å². The Bertz CT molecular complexity index is 695. The molecule has 138 valence electrons. The number of nitrogens with one attached hydrogen (secondary N) is 1. The summed E-state index contributed by atoms with van der Waals surface area (Å²) in [6.07, 6.45) is 0. The Morgan fingerprint density at radius 2 is 1.62 bits per heavy atom. The standard InChI is InChI=1S/C21H27N3O2/c1-23-12-14-24(15-13-23)16-20(25)22-21(17-6-4-3-5-7-17)18-8-10-19(26-2)11-9-18/h3-11,21H,12-16H2,1-2H3,(H,22,25)/t21-/m0/s1. The van der Waals surface area contributed by atoms with E-state index in [9.17, 15) is 4.79 Å². The van der Waals surface area contributed by atoms with Gasteiger partial charge >= 0.3 is 0 Å². The van der Waals surface area contributed by atoms with E-state index in [1.54, 1.807) is 7.11 Å². The minimum absolute atomic E-state index is 0.0548. The monoisotopic (exact) mass is 353 g/mol. The number of ether oxygens (including phenoxy) is 1. The number of amides is 1. The third-order valence-electron chi connectivity index (χ3n) is 4.85. The highest BCUT2D eigenvalue weighted by Gasteiger charge is 2.20. The van der Waals surface area contributed by atoms with Crippen molar-refractivity contribution in [3.63, 3.8) is 0 Å². The van der Waals surface area contributed by atoms with Crippen molar-refractivity contribution in [3.8, 4) is 5.75 Å². The van der Waals surface area contributed by atoms with E-state index in [0.29, 0.717) is 6.54 Å². The van der Waals surface area contributed by atoms with Crippen molar-refractivity contribution >= 4 is 5.91 Å². The van der Waals surface area contributed by atoms with Crippen molar-refractivity contribution < 1.29 is 9.53 Å². The van der Waals surface area contributed by atoms with Crippen LogP contribution in [0.5, 0.6) is 5.75 Å². The quantitative estimate of drug-likeness (QED) is 0.864. The second-order valence-electron chi connectivity index (χ2n) is 6.76. The zero-order valence-electron chi connectivity index (χ0n) is 15.5. The van der Waals surface area contributed by atoms with Gasteiger partial charge in [0.1, 0.15) is 5.75 Å². The van der Waals surface area contributed by atoms with Crippen LogP contribution in [0.1, 0.15) is 17.2 Å². The molecule has 1 aliphatic rings. The topological polar surface area (TPSA) is 44.8 Å². The van der Waals surface area contributed by atoms with Gasteiger partial charge in [0, 0.05) is 26.2 Å². The molecule has 1 heterocycles. The maximum absolute atomic E-state index is 12.7. The summed E-state index contributed by atoms with van der Waals surface area (Å²) in [5.74, 6) is 0.864. The number of carbonyl (C=O) groups excluding carboxylic acids is 1. The predicted octanol–water partition coefficient (Wildman–Crippen LogP) is 2.15. The van der Waals surface area contributed by atoms with Crippen LogP contribution in [0.2, 0.25) is 0 Å². The van der Waals surface area contributed by atoms with Crippen LogP contribution in [0.3, 0.4) is 0 Å². The first-order chi connectivity index (χ1) is 12.7. The fraction of sp³-hybridized carbons (Fsp3) is 0.381. The van der Waals surface area contributed by atoms with E-state index in [1.165, 1.54) is 0 Å². The molecule has 1 atom stereocenters. The van der Waals surface area contributed by atoms with Crippen LogP contribution in [-0.2, 0) is 4.79 Å². The van der Waals surface area contributed by atoms with Crippen molar-refractivity contribution in [2.24, 2.45) is 0 Å². The van der Waals surface area contributed by atoms with Crippen molar-refractivity contribution in [1.29, 1.82) is 0 Å². The van der Waals surface area contributed by atoms with Gasteiger partial charge in [-0.3, -0.25) is 9.69 Å². The molecule has 0 aromatic heterocycles. The van der Waals surface area contributed by atoms with Crippen LogP contribution < -0.4 is 10.1 Å². The minimum Gasteiger partial charge on any atom is -0.497 e. The van der Waals surface area contributed by atoms with Crippen LogP contribution in [0.15, 0.2) is 54.6 Å². The molecule has 26 heavy (non-hydrogen) atoms. The van der Waals surface area contributed by atoms with Crippen LogP contribution in [-0.4, -0.2) is 62.6 Å². The molecule has 0 bridgehead atoms. The number of likely N-dealkylation sites (N-methyl/N-ethyl adjacent to an activating group) is 1. The van der Waals surface area contributed by atoms with Gasteiger partial charge in [-0.15, -0.1) is 0 Å². The summed E-state index contributed by atoms with van der Waals surface area (Å²) in [6, 6.07) is 17.8. The molecule has 0 aliphatic carbocycles. The maximum atomic E-state index is 12.7. The van der Waals surface area contributed by atoms with Crippen molar-refractivity contribution in [1.82, 2.24) is 15.1 Å². The van der Waals surface area contributed by atoms with E-state index in [-0.39, 0.29) is 11.9 Å². The fourth-order valence-corrected chi connectivity index (χ4v) is 3.22. The van der Waals surface area contributed by atoms with Gasteiger partial charge in [-0.05, 0) is 30.3 Å². The lowest BCUT2D eigenvalue weighted by atomic mass is 9.98. The predicted molar refractivity (Wildman–Crippen MR) is 103 cm³/mol. The SMILES string of the molecule is COc1ccc([C@@H](NC(=O)CN2CCN(C)CC2)c2ccccc2)cc1. The van der Waals surface area contributed by atoms with Crippen molar-refractivity contribution in [2.45, 2.75) is 6.04 Å². The van der Waals surface area contributed by atoms with Crippen LogP contribution in [0.4, 0.5) is 0 Å². The van der Waals surface area contributed by atoms with Gasteiger partial charge < -0.3 is 15.0 Å². The Morgan fingerprint density at radius 3 is 2.23 bits per heavy atom. The van der Waals surface area contributed by atoms with Gasteiger partial charge in [0.25, 0.3) is 0 Å². The van der Waals surface area contributed by atoms with Gasteiger partial charge in [0.2, 0.25) is 5.91 Å². The van der Waals surface area contributed by atoms with Crippen LogP contribution >= 0.6 is 0 Å². The van der Waals surface area contributed by atoms with E-state index < -0.39 is 0 Å². The lowest BCUT2D eigenvalue weighted by Crippen LogP contribution is -2.48. The van der Waals surface area contributed by atoms with E-state index in [2.05, 4.69) is 22.2 Å². The summed E-state index contributed by atoms with van der Waals surface area (Å²) in [5.41, 5.74) is 2.12. The number of benzene rings is 2. The third-order valence-corrected chi connectivity index (χ3v) is 4.85. The molecule has 1 fully saturated rings. The molecular formula is C21H27N3O2. The first kappa shape index (κ1) is 18.4. The number of methoxy groups -OCH3 is 1. The smallest absolute Gasteiger partial charge is 0.234 e. The summed E-state index contributed by atoms with van der Waals surface area (Å²) >= 11 is 0. The minimum atomic E-state index is -0.165. The molecule has 1 amide bonds. The summed E-state index contributed by atoms with van der Waals surface area (Å²) < 4.78 is 5.25. The number of hydrogen-bond donors (Lipinski definition) is 1. The molecule has 0 unspecified atom stereocenters. The molecule has 5 heteroatoms. The summed E-state index contributed by atoms with van der Waals surface area (Å²) in [4.78, 5) is 17.2. The molecule has 1 saturated heterocycles. The molecule has 5 nitrogen and oxygen atoms in total.